The summed E-state index contributed by atoms with van der Waals surface area (Å²) in [6.07, 6.45) is 0. The van der Waals surface area contributed by atoms with Crippen molar-refractivity contribution in [2.24, 2.45) is 7.05 Å². The largest absolute Gasteiger partial charge is 0.454 e. The van der Waals surface area contributed by atoms with Crippen molar-refractivity contribution in [3.8, 4) is 0 Å². The summed E-state index contributed by atoms with van der Waals surface area (Å²) in [5.74, 6) is -0.546. The summed E-state index contributed by atoms with van der Waals surface area (Å²) in [6, 6.07) is 5.22. The van der Waals surface area contributed by atoms with Crippen LogP contribution in [0, 0.1) is 5.82 Å². The maximum atomic E-state index is 13.1. The molecule has 0 spiro atoms. The molecule has 0 fully saturated rings. The normalized spacial score (nSPS) is 11.3. The summed E-state index contributed by atoms with van der Waals surface area (Å²) < 4.78 is 21.9. The van der Waals surface area contributed by atoms with Gasteiger partial charge in [0.05, 0.1) is 11.1 Å². The number of carbonyl (C=O) groups excluding carboxylic acids is 1. The predicted molar refractivity (Wildman–Crippen MR) is 93.5 cm³/mol. The zero-order chi connectivity index (χ0) is 18.4. The molecule has 0 bridgehead atoms. The number of esters is 1. The van der Waals surface area contributed by atoms with Crippen molar-refractivity contribution in [1.82, 2.24) is 19.2 Å². The van der Waals surface area contributed by atoms with Crippen LogP contribution in [0.15, 0.2) is 34.4 Å². The Balaban J connectivity index is 1.70. The Kier molecular flexibility index (Phi) is 3.69. The lowest BCUT2D eigenvalue weighted by Crippen LogP contribution is -2.19. The van der Waals surface area contributed by atoms with Gasteiger partial charge in [-0.3, -0.25) is 13.8 Å². The van der Waals surface area contributed by atoms with Gasteiger partial charge in [-0.1, -0.05) is 0 Å². The van der Waals surface area contributed by atoms with E-state index in [1.54, 1.807) is 22.9 Å². The van der Waals surface area contributed by atoms with Gasteiger partial charge in [0.1, 0.15) is 10.5 Å². The number of hydrogen-bond acceptors (Lipinski definition) is 7. The number of thiophene rings is 1. The second-order valence-electron chi connectivity index (χ2n) is 5.56. The van der Waals surface area contributed by atoms with Gasteiger partial charge in [-0.15, -0.1) is 21.5 Å². The van der Waals surface area contributed by atoms with E-state index in [0.717, 1.165) is 12.1 Å². The van der Waals surface area contributed by atoms with Crippen molar-refractivity contribution in [3.05, 3.63) is 57.2 Å². The summed E-state index contributed by atoms with van der Waals surface area (Å²) in [5.41, 5.74) is 6.18. The van der Waals surface area contributed by atoms with E-state index in [-0.39, 0.29) is 23.4 Å². The fourth-order valence-corrected chi connectivity index (χ4v) is 3.52. The highest BCUT2D eigenvalue weighted by Gasteiger charge is 2.18. The van der Waals surface area contributed by atoms with Crippen molar-refractivity contribution >= 4 is 39.0 Å². The topological polar surface area (TPSA) is 105 Å². The van der Waals surface area contributed by atoms with Crippen molar-refractivity contribution in [2.75, 3.05) is 5.73 Å². The van der Waals surface area contributed by atoms with Crippen molar-refractivity contribution in [3.63, 3.8) is 0 Å². The SMILES string of the molecule is Cn1c(=O)c2sccc2n2c(COC(=O)c3ccc(F)cc3N)nnc12. The van der Waals surface area contributed by atoms with Crippen molar-refractivity contribution < 1.29 is 13.9 Å². The molecule has 1 aromatic carbocycles. The number of nitrogen functional groups attached to an aromatic ring is 1. The third-order valence-electron chi connectivity index (χ3n) is 3.96. The summed E-state index contributed by atoms with van der Waals surface area (Å²) in [6.45, 7) is -0.181. The molecule has 3 aromatic heterocycles. The summed E-state index contributed by atoms with van der Waals surface area (Å²) in [4.78, 5) is 24.5. The van der Waals surface area contributed by atoms with Gasteiger partial charge in [0, 0.05) is 12.7 Å². The fraction of sp³-hybridized carbons (Fsp3) is 0.125. The molecule has 0 atom stereocenters. The number of anilines is 1. The number of halogens is 1. The Labute approximate surface area is 149 Å². The molecule has 0 unspecified atom stereocenters. The monoisotopic (exact) mass is 373 g/mol. The van der Waals surface area contributed by atoms with E-state index < -0.39 is 11.8 Å². The second-order valence-corrected chi connectivity index (χ2v) is 6.47. The van der Waals surface area contributed by atoms with Crippen LogP contribution in [0.2, 0.25) is 0 Å². The first-order valence-corrected chi connectivity index (χ1v) is 8.37. The summed E-state index contributed by atoms with van der Waals surface area (Å²) in [5, 5.41) is 9.81. The molecule has 0 aliphatic heterocycles. The van der Waals surface area contributed by atoms with E-state index in [0.29, 0.717) is 21.8 Å². The molecule has 0 saturated carbocycles. The van der Waals surface area contributed by atoms with Crippen LogP contribution < -0.4 is 11.3 Å². The van der Waals surface area contributed by atoms with Crippen molar-refractivity contribution in [1.29, 1.82) is 0 Å². The van der Waals surface area contributed by atoms with Gasteiger partial charge in [-0.25, -0.2) is 9.18 Å². The van der Waals surface area contributed by atoms with Gasteiger partial charge < -0.3 is 10.5 Å². The Bertz CT molecular complexity index is 1230. The number of aryl methyl sites for hydroxylation is 1. The molecule has 3 heterocycles. The van der Waals surface area contributed by atoms with E-state index in [1.807, 2.05) is 0 Å². The third kappa shape index (κ3) is 2.42. The van der Waals surface area contributed by atoms with E-state index in [9.17, 15) is 14.0 Å². The molecule has 132 valence electrons. The standard InChI is InChI=1S/C16H12FN5O3S/c1-21-14(23)13-11(4-5-26-13)22-12(19-20-16(21)22)7-25-15(24)9-3-2-8(17)6-10(9)18/h2-6H,7,18H2,1H3. The predicted octanol–water partition coefficient (Wildman–Crippen LogP) is 1.72. The molecule has 0 aliphatic carbocycles. The van der Waals surface area contributed by atoms with Crippen LogP contribution >= 0.6 is 11.3 Å². The van der Waals surface area contributed by atoms with Crippen LogP contribution in [-0.2, 0) is 18.4 Å². The molecule has 8 nitrogen and oxygen atoms in total. The molecule has 10 heteroatoms. The van der Waals surface area contributed by atoms with Gasteiger partial charge in [0.25, 0.3) is 5.56 Å². The second kappa shape index (κ2) is 5.92. The third-order valence-corrected chi connectivity index (χ3v) is 4.85. The van der Waals surface area contributed by atoms with E-state index in [4.69, 9.17) is 10.5 Å². The van der Waals surface area contributed by atoms with E-state index >= 15 is 0 Å². The Morgan fingerprint density at radius 2 is 2.15 bits per heavy atom. The first kappa shape index (κ1) is 16.2. The molecule has 4 aromatic rings. The maximum absolute atomic E-state index is 13.1. The lowest BCUT2D eigenvalue weighted by molar-refractivity contribution is 0.0462. The highest BCUT2D eigenvalue weighted by atomic mass is 32.1. The Hall–Kier alpha value is -3.27. The lowest BCUT2D eigenvalue weighted by Gasteiger charge is -2.07. The summed E-state index contributed by atoms with van der Waals surface area (Å²) >= 11 is 1.31. The molecule has 0 saturated heterocycles. The number of carbonyl (C=O) groups is 1. The molecule has 0 amide bonds. The average Bonchev–Trinajstić information content (AvgIpc) is 3.24. The smallest absolute Gasteiger partial charge is 0.340 e. The lowest BCUT2D eigenvalue weighted by atomic mass is 10.2. The highest BCUT2D eigenvalue weighted by Crippen LogP contribution is 2.20. The first-order chi connectivity index (χ1) is 12.5. The van der Waals surface area contributed by atoms with Crippen LogP contribution in [0.1, 0.15) is 16.2 Å². The minimum atomic E-state index is -0.703. The van der Waals surface area contributed by atoms with Crippen LogP contribution in [0.5, 0.6) is 0 Å². The average molecular weight is 373 g/mol. The van der Waals surface area contributed by atoms with Crippen molar-refractivity contribution in [2.45, 2.75) is 6.61 Å². The molecule has 4 rings (SSSR count). The highest BCUT2D eigenvalue weighted by molar-refractivity contribution is 7.17. The number of ether oxygens (including phenoxy) is 1. The first-order valence-electron chi connectivity index (χ1n) is 7.49. The van der Waals surface area contributed by atoms with Gasteiger partial charge in [0.15, 0.2) is 12.4 Å². The van der Waals surface area contributed by atoms with Gasteiger partial charge in [-0.05, 0) is 29.6 Å². The zero-order valence-corrected chi connectivity index (χ0v) is 14.3. The van der Waals surface area contributed by atoms with Crippen LogP contribution in [0.25, 0.3) is 16.0 Å². The fourth-order valence-electron chi connectivity index (χ4n) is 2.67. The van der Waals surface area contributed by atoms with E-state index in [1.165, 1.54) is 22.0 Å². The van der Waals surface area contributed by atoms with Gasteiger partial charge in [0.2, 0.25) is 5.78 Å². The molecular formula is C16H12FN5O3S. The Morgan fingerprint density at radius 3 is 2.92 bits per heavy atom. The number of rotatable bonds is 3. The van der Waals surface area contributed by atoms with Crippen LogP contribution in [0.3, 0.4) is 0 Å². The number of nitrogens with zero attached hydrogens (tertiary/aromatic N) is 4. The van der Waals surface area contributed by atoms with Crippen LogP contribution in [-0.4, -0.2) is 25.1 Å². The molecular weight excluding hydrogens is 361 g/mol. The van der Waals surface area contributed by atoms with Crippen LogP contribution in [0.4, 0.5) is 10.1 Å². The van der Waals surface area contributed by atoms with Gasteiger partial charge >= 0.3 is 5.97 Å². The maximum Gasteiger partial charge on any atom is 0.340 e. The molecule has 26 heavy (non-hydrogen) atoms. The number of benzene rings is 1. The molecule has 0 aliphatic rings. The quantitative estimate of drug-likeness (QED) is 0.433. The number of hydrogen-bond donors (Lipinski definition) is 1. The number of fused-ring (bicyclic) bond motifs is 3. The van der Waals surface area contributed by atoms with E-state index in [2.05, 4.69) is 10.2 Å². The molecule has 2 N–H and O–H groups in total. The minimum absolute atomic E-state index is 0.0104. The number of aromatic nitrogens is 4. The number of nitrogens with two attached hydrogens (primary N) is 1. The Morgan fingerprint density at radius 1 is 1.35 bits per heavy atom. The van der Waals surface area contributed by atoms with Gasteiger partial charge in [-0.2, -0.15) is 0 Å². The molecule has 0 radical (unpaired) electrons. The minimum Gasteiger partial charge on any atom is -0.454 e. The summed E-state index contributed by atoms with van der Waals surface area (Å²) in [7, 11) is 1.60. The zero-order valence-electron chi connectivity index (χ0n) is 13.5.